The van der Waals surface area contributed by atoms with Crippen LogP contribution in [-0.4, -0.2) is 22.9 Å². The molecule has 2 aliphatic heterocycles. The number of carbonyl (C=O) groups is 2. The number of amides is 2. The minimum atomic E-state index is -0.901. The molecular weight excluding hydrogens is 354 g/mol. The summed E-state index contributed by atoms with van der Waals surface area (Å²) in [6.45, 7) is 0. The molecule has 4 heterocycles. The summed E-state index contributed by atoms with van der Waals surface area (Å²) in [5.74, 6) is -0.846. The molecule has 0 spiro atoms. The SMILES string of the molecule is O=C1C2ON(c3ccccc3)C(c3ccco3)C2C(=O)N1c1nccs1. The van der Waals surface area contributed by atoms with Gasteiger partial charge in [0.05, 0.1) is 12.0 Å². The van der Waals surface area contributed by atoms with E-state index in [9.17, 15) is 9.59 Å². The molecule has 3 atom stereocenters. The number of aromatic nitrogens is 1. The van der Waals surface area contributed by atoms with Crippen LogP contribution in [0.3, 0.4) is 0 Å². The summed E-state index contributed by atoms with van der Waals surface area (Å²) in [7, 11) is 0. The molecular formula is C18H13N3O4S. The average Bonchev–Trinajstić information content (AvgIpc) is 3.42. The van der Waals surface area contributed by atoms with E-state index in [1.54, 1.807) is 35.0 Å². The summed E-state index contributed by atoms with van der Waals surface area (Å²) < 4.78 is 5.57. The van der Waals surface area contributed by atoms with Gasteiger partial charge < -0.3 is 4.42 Å². The zero-order valence-corrected chi connectivity index (χ0v) is 14.2. The molecule has 0 N–H and O–H groups in total. The molecule has 2 aliphatic rings. The highest BCUT2D eigenvalue weighted by Gasteiger charge is 2.61. The number of imide groups is 1. The number of thiazole rings is 1. The van der Waals surface area contributed by atoms with Crippen LogP contribution in [0, 0.1) is 5.92 Å². The molecule has 0 radical (unpaired) electrons. The number of nitrogens with zero attached hydrogens (tertiary/aromatic N) is 3. The van der Waals surface area contributed by atoms with Crippen molar-refractivity contribution < 1.29 is 18.8 Å². The monoisotopic (exact) mass is 367 g/mol. The molecule has 26 heavy (non-hydrogen) atoms. The fourth-order valence-corrected chi connectivity index (χ4v) is 4.13. The van der Waals surface area contributed by atoms with Crippen LogP contribution in [0.2, 0.25) is 0 Å². The molecule has 5 rings (SSSR count). The van der Waals surface area contributed by atoms with E-state index in [0.29, 0.717) is 10.9 Å². The molecule has 0 aliphatic carbocycles. The van der Waals surface area contributed by atoms with Crippen LogP contribution in [0.15, 0.2) is 64.7 Å². The number of fused-ring (bicyclic) bond motifs is 1. The minimum Gasteiger partial charge on any atom is -0.467 e. The highest BCUT2D eigenvalue weighted by atomic mass is 32.1. The maximum absolute atomic E-state index is 13.1. The van der Waals surface area contributed by atoms with Gasteiger partial charge in [0.2, 0.25) is 5.91 Å². The molecule has 2 aromatic heterocycles. The van der Waals surface area contributed by atoms with E-state index in [1.807, 2.05) is 30.3 Å². The molecule has 3 aromatic rings. The maximum Gasteiger partial charge on any atom is 0.268 e. The number of benzene rings is 1. The van der Waals surface area contributed by atoms with Crippen molar-refractivity contribution in [3.05, 3.63) is 66.1 Å². The van der Waals surface area contributed by atoms with E-state index in [2.05, 4.69) is 4.98 Å². The van der Waals surface area contributed by atoms with Crippen molar-refractivity contribution in [3.8, 4) is 0 Å². The van der Waals surface area contributed by atoms with Gasteiger partial charge in [0, 0.05) is 11.6 Å². The Morgan fingerprint density at radius 3 is 2.58 bits per heavy atom. The second-order valence-electron chi connectivity index (χ2n) is 6.00. The number of carbonyl (C=O) groups excluding carboxylic acids is 2. The van der Waals surface area contributed by atoms with Gasteiger partial charge in [-0.25, -0.2) is 14.9 Å². The van der Waals surface area contributed by atoms with E-state index in [-0.39, 0.29) is 5.91 Å². The van der Waals surface area contributed by atoms with Crippen LogP contribution in [-0.2, 0) is 14.4 Å². The molecule has 0 bridgehead atoms. The molecule has 2 fully saturated rings. The van der Waals surface area contributed by atoms with E-state index in [0.717, 1.165) is 10.6 Å². The zero-order chi connectivity index (χ0) is 17.7. The van der Waals surface area contributed by atoms with Gasteiger partial charge in [-0.15, -0.1) is 11.3 Å². The van der Waals surface area contributed by atoms with E-state index >= 15 is 0 Å². The van der Waals surface area contributed by atoms with Gasteiger partial charge in [0.1, 0.15) is 17.7 Å². The number of para-hydroxylation sites is 1. The van der Waals surface area contributed by atoms with Gasteiger partial charge in [0.15, 0.2) is 11.2 Å². The lowest BCUT2D eigenvalue weighted by Gasteiger charge is -2.26. The number of hydrogen-bond donors (Lipinski definition) is 0. The maximum atomic E-state index is 13.1. The number of rotatable bonds is 3. The van der Waals surface area contributed by atoms with Crippen LogP contribution < -0.4 is 9.96 Å². The molecule has 2 amide bonds. The minimum absolute atomic E-state index is 0.324. The lowest BCUT2D eigenvalue weighted by atomic mass is 9.94. The fourth-order valence-electron chi connectivity index (χ4n) is 3.48. The third-order valence-corrected chi connectivity index (χ3v) is 5.33. The number of hydroxylamine groups is 1. The predicted molar refractivity (Wildman–Crippen MR) is 93.3 cm³/mol. The van der Waals surface area contributed by atoms with Crippen molar-refractivity contribution in [2.45, 2.75) is 12.1 Å². The van der Waals surface area contributed by atoms with E-state index < -0.39 is 24.0 Å². The quantitative estimate of drug-likeness (QED) is 0.663. The van der Waals surface area contributed by atoms with Gasteiger partial charge >= 0.3 is 0 Å². The van der Waals surface area contributed by atoms with Crippen LogP contribution >= 0.6 is 11.3 Å². The summed E-state index contributed by atoms with van der Waals surface area (Å²) in [6, 6.07) is 12.4. The zero-order valence-electron chi connectivity index (χ0n) is 13.4. The van der Waals surface area contributed by atoms with Crippen LogP contribution in [0.5, 0.6) is 0 Å². The van der Waals surface area contributed by atoms with Gasteiger partial charge in [0.25, 0.3) is 5.91 Å². The average molecular weight is 367 g/mol. The van der Waals surface area contributed by atoms with Gasteiger partial charge in [-0.3, -0.25) is 14.4 Å². The second-order valence-corrected chi connectivity index (χ2v) is 6.87. The Balaban J connectivity index is 1.59. The third kappa shape index (κ3) is 2.12. The number of furan rings is 1. The summed E-state index contributed by atoms with van der Waals surface area (Å²) in [4.78, 5) is 37.2. The first-order chi connectivity index (χ1) is 12.8. The highest BCUT2D eigenvalue weighted by Crippen LogP contribution is 2.47. The van der Waals surface area contributed by atoms with E-state index in [4.69, 9.17) is 9.25 Å². The molecule has 0 saturated carbocycles. The standard InChI is InChI=1S/C18H13N3O4S/c22-16-13-14(12-7-4-9-24-12)21(11-5-2-1-3-6-11)25-15(13)17(23)20(16)18-19-8-10-26-18/h1-10,13-15H. The van der Waals surface area contributed by atoms with Gasteiger partial charge in [-0.2, -0.15) is 0 Å². The molecule has 130 valence electrons. The second kappa shape index (κ2) is 5.79. The summed E-state index contributed by atoms with van der Waals surface area (Å²) in [6.07, 6.45) is 2.21. The van der Waals surface area contributed by atoms with Crippen molar-refractivity contribution in [3.63, 3.8) is 0 Å². The van der Waals surface area contributed by atoms with Crippen molar-refractivity contribution in [1.29, 1.82) is 0 Å². The predicted octanol–water partition coefficient (Wildman–Crippen LogP) is 2.79. The highest BCUT2D eigenvalue weighted by molar-refractivity contribution is 7.14. The molecule has 8 heteroatoms. The number of anilines is 2. The van der Waals surface area contributed by atoms with Crippen LogP contribution in [0.4, 0.5) is 10.8 Å². The summed E-state index contributed by atoms with van der Waals surface area (Å²) in [5.41, 5.74) is 0.754. The summed E-state index contributed by atoms with van der Waals surface area (Å²) in [5, 5.41) is 3.69. The molecule has 1 aromatic carbocycles. The lowest BCUT2D eigenvalue weighted by molar-refractivity contribution is -0.126. The van der Waals surface area contributed by atoms with E-state index in [1.165, 1.54) is 11.3 Å². The first-order valence-corrected chi connectivity index (χ1v) is 8.95. The Morgan fingerprint density at radius 2 is 1.88 bits per heavy atom. The van der Waals surface area contributed by atoms with Crippen molar-refractivity contribution in [1.82, 2.24) is 4.98 Å². The summed E-state index contributed by atoms with van der Waals surface area (Å²) >= 11 is 1.24. The Kier molecular flexibility index (Phi) is 3.41. The Bertz CT molecular complexity index is 942. The Hall–Kier alpha value is -2.97. The topological polar surface area (TPSA) is 75.9 Å². The van der Waals surface area contributed by atoms with Crippen molar-refractivity contribution in [2.75, 3.05) is 9.96 Å². The molecule has 7 nitrogen and oxygen atoms in total. The molecule has 3 unspecified atom stereocenters. The van der Waals surface area contributed by atoms with Crippen molar-refractivity contribution in [2.24, 2.45) is 5.92 Å². The lowest BCUT2D eigenvalue weighted by Crippen LogP contribution is -2.37. The fraction of sp³-hybridized carbons (Fsp3) is 0.167. The Morgan fingerprint density at radius 1 is 1.04 bits per heavy atom. The molecule has 2 saturated heterocycles. The first-order valence-electron chi connectivity index (χ1n) is 8.07. The van der Waals surface area contributed by atoms with Gasteiger partial charge in [-0.1, -0.05) is 18.2 Å². The smallest absolute Gasteiger partial charge is 0.268 e. The first kappa shape index (κ1) is 15.3. The van der Waals surface area contributed by atoms with Crippen LogP contribution in [0.25, 0.3) is 0 Å². The Labute approximate surface area is 152 Å². The van der Waals surface area contributed by atoms with Gasteiger partial charge in [-0.05, 0) is 24.3 Å². The largest absolute Gasteiger partial charge is 0.467 e. The van der Waals surface area contributed by atoms with Crippen LogP contribution in [0.1, 0.15) is 11.8 Å². The normalized spacial score (nSPS) is 25.2. The van der Waals surface area contributed by atoms with Crippen molar-refractivity contribution >= 4 is 34.0 Å². The third-order valence-electron chi connectivity index (χ3n) is 4.57. The number of hydrogen-bond acceptors (Lipinski definition) is 7.